The maximum atomic E-state index is 12.7. The maximum Gasteiger partial charge on any atom is 0.334 e. The van der Waals surface area contributed by atoms with E-state index in [4.69, 9.17) is 16.3 Å². The van der Waals surface area contributed by atoms with Gasteiger partial charge in [-0.25, -0.2) is 9.59 Å². The first-order valence-electron chi connectivity index (χ1n) is 13.8. The summed E-state index contributed by atoms with van der Waals surface area (Å²) in [6.07, 6.45) is 0.753. The third-order valence-electron chi connectivity index (χ3n) is 7.66. The van der Waals surface area contributed by atoms with Crippen molar-refractivity contribution in [3.8, 4) is 5.75 Å². The third kappa shape index (κ3) is 7.03. The van der Waals surface area contributed by atoms with Gasteiger partial charge in [-0.05, 0) is 56.6 Å². The smallest absolute Gasteiger partial charge is 0.334 e. The number of para-hydroxylation sites is 2. The van der Waals surface area contributed by atoms with E-state index in [1.165, 1.54) is 12.1 Å². The van der Waals surface area contributed by atoms with Gasteiger partial charge >= 0.3 is 18.0 Å². The minimum Gasteiger partial charge on any atom is -0.495 e. The number of carbonyl (C=O) groups excluding carboxylic acids is 1. The van der Waals surface area contributed by atoms with Crippen LogP contribution < -0.4 is 20.3 Å². The number of amides is 2. The molecule has 2 unspecified atom stereocenters. The molecule has 0 aliphatic carbocycles. The zero-order chi connectivity index (χ0) is 30.4. The number of ether oxygens (including phenoxy) is 1. The molecule has 2 atom stereocenters. The Morgan fingerprint density at radius 3 is 2.45 bits per heavy atom. The monoisotopic (exact) mass is 597 g/mol. The number of nitrogens with zero attached hydrogens (tertiary/aromatic N) is 3. The predicted octanol–water partition coefficient (Wildman–Crippen LogP) is 4.30. The molecular weight excluding hydrogens is 562 g/mol. The number of carboxylic acids is 2. The molecule has 11 nitrogen and oxygen atoms in total. The highest BCUT2D eigenvalue weighted by molar-refractivity contribution is 6.33. The fraction of sp³-hybridized carbons (Fsp3) is 0.400. The summed E-state index contributed by atoms with van der Waals surface area (Å²) < 4.78 is 5.49. The van der Waals surface area contributed by atoms with Gasteiger partial charge in [0.15, 0.2) is 0 Å². The van der Waals surface area contributed by atoms with Crippen LogP contribution in [0.15, 0.2) is 58.7 Å². The van der Waals surface area contributed by atoms with Crippen LogP contribution in [0.5, 0.6) is 5.75 Å². The molecule has 42 heavy (non-hydrogen) atoms. The highest BCUT2D eigenvalue weighted by atomic mass is 35.5. The Morgan fingerprint density at radius 2 is 1.79 bits per heavy atom. The van der Waals surface area contributed by atoms with Gasteiger partial charge in [0.05, 0.1) is 29.1 Å². The number of allylic oxidation sites excluding steroid dienone is 1. The van der Waals surface area contributed by atoms with Crippen LogP contribution in [0.4, 0.5) is 16.2 Å². The van der Waals surface area contributed by atoms with Crippen molar-refractivity contribution >= 4 is 46.7 Å². The highest BCUT2D eigenvalue weighted by Crippen LogP contribution is 2.41. The summed E-state index contributed by atoms with van der Waals surface area (Å²) in [5, 5.41) is 25.5. The minimum absolute atomic E-state index is 0.102. The van der Waals surface area contributed by atoms with Crippen LogP contribution in [-0.2, 0) is 9.59 Å². The van der Waals surface area contributed by atoms with Crippen LogP contribution in [0.1, 0.15) is 31.7 Å². The number of carboxylic acid groups (broad SMARTS) is 2. The average Bonchev–Trinajstić information content (AvgIpc) is 2.96. The quantitative estimate of drug-likeness (QED) is 0.297. The number of methoxy groups -OCH3 is 1. The molecule has 0 spiro atoms. The van der Waals surface area contributed by atoms with Gasteiger partial charge in [-0.15, -0.1) is 0 Å². The van der Waals surface area contributed by atoms with E-state index < -0.39 is 29.8 Å². The molecule has 2 amide bonds. The number of piperazine rings is 1. The van der Waals surface area contributed by atoms with Gasteiger partial charge in [0.25, 0.3) is 0 Å². The Labute approximate surface area is 249 Å². The van der Waals surface area contributed by atoms with Crippen molar-refractivity contribution in [3.05, 3.63) is 64.3 Å². The number of benzene rings is 2. The van der Waals surface area contributed by atoms with Crippen molar-refractivity contribution < 1.29 is 29.3 Å². The lowest BCUT2D eigenvalue weighted by Crippen LogP contribution is -2.47. The van der Waals surface area contributed by atoms with Crippen LogP contribution >= 0.6 is 11.6 Å². The lowest BCUT2D eigenvalue weighted by molar-refractivity contribution is -0.140. The first kappa shape index (κ1) is 30.9. The number of hydrogen-bond acceptors (Lipinski definition) is 7. The summed E-state index contributed by atoms with van der Waals surface area (Å²) in [6, 6.07) is 12.2. The molecule has 0 saturated carbocycles. The number of rotatable bonds is 10. The van der Waals surface area contributed by atoms with Gasteiger partial charge in [0.1, 0.15) is 11.7 Å². The van der Waals surface area contributed by atoms with E-state index in [2.05, 4.69) is 31.5 Å². The molecule has 2 aromatic rings. The summed E-state index contributed by atoms with van der Waals surface area (Å²) >= 11 is 6.34. The molecule has 1 fully saturated rings. The normalized spacial score (nSPS) is 19.2. The van der Waals surface area contributed by atoms with Gasteiger partial charge in [0, 0.05) is 50.1 Å². The van der Waals surface area contributed by atoms with Crippen molar-refractivity contribution in [1.82, 2.24) is 10.2 Å². The number of carbonyl (C=O) groups is 3. The lowest BCUT2D eigenvalue weighted by atomic mass is 9.75. The fourth-order valence-corrected chi connectivity index (χ4v) is 5.77. The molecule has 4 N–H and O–H groups in total. The molecule has 224 valence electrons. The highest BCUT2D eigenvalue weighted by Gasteiger charge is 2.41. The topological polar surface area (TPSA) is 144 Å². The Hall–Kier alpha value is -4.09. The number of anilines is 2. The summed E-state index contributed by atoms with van der Waals surface area (Å²) in [7, 11) is 1.68. The Bertz CT molecular complexity index is 1400. The summed E-state index contributed by atoms with van der Waals surface area (Å²) in [4.78, 5) is 45.7. The van der Waals surface area contributed by atoms with E-state index in [0.29, 0.717) is 17.8 Å². The van der Waals surface area contributed by atoms with Gasteiger partial charge < -0.3 is 30.5 Å². The van der Waals surface area contributed by atoms with Crippen LogP contribution in [-0.4, -0.2) is 85.2 Å². The number of aliphatic imine (C=N–C) groups is 1. The van der Waals surface area contributed by atoms with E-state index in [-0.39, 0.29) is 22.0 Å². The Morgan fingerprint density at radius 1 is 1.07 bits per heavy atom. The third-order valence-corrected chi connectivity index (χ3v) is 7.99. The van der Waals surface area contributed by atoms with E-state index >= 15 is 0 Å². The van der Waals surface area contributed by atoms with Gasteiger partial charge in [0.2, 0.25) is 0 Å². The first-order chi connectivity index (χ1) is 20.1. The molecule has 12 heteroatoms. The average molecular weight is 598 g/mol. The zero-order valence-corrected chi connectivity index (χ0v) is 24.6. The van der Waals surface area contributed by atoms with Crippen LogP contribution in [0.2, 0.25) is 5.02 Å². The Balaban J connectivity index is 1.32. The fourth-order valence-electron chi connectivity index (χ4n) is 5.60. The summed E-state index contributed by atoms with van der Waals surface area (Å²) in [5.74, 6) is -3.73. The molecule has 2 aliphatic rings. The Kier molecular flexibility index (Phi) is 10.1. The SMILES string of the molecule is COc1ccccc1N1CCN(CCCNC(=O)Nc2cc(C3C(C(=O)O)=C(C)N=C(C)C3C(=O)O)ccc2Cl)CC1. The second-order valence-electron chi connectivity index (χ2n) is 10.3. The number of hydrogen-bond donors (Lipinski definition) is 4. The molecular formula is C30H36ClN5O6. The number of aliphatic carboxylic acids is 2. The largest absolute Gasteiger partial charge is 0.495 e. The molecule has 1 saturated heterocycles. The maximum absolute atomic E-state index is 12.7. The first-order valence-corrected chi connectivity index (χ1v) is 14.1. The molecule has 0 radical (unpaired) electrons. The summed E-state index contributed by atoms with van der Waals surface area (Å²) in [6.45, 7) is 7.97. The molecule has 0 bridgehead atoms. The van der Waals surface area contributed by atoms with Crippen molar-refractivity contribution in [1.29, 1.82) is 0 Å². The van der Waals surface area contributed by atoms with E-state index in [9.17, 15) is 24.6 Å². The van der Waals surface area contributed by atoms with Gasteiger partial charge in [-0.1, -0.05) is 29.8 Å². The molecule has 2 aliphatic heterocycles. The van der Waals surface area contributed by atoms with Crippen molar-refractivity contribution in [2.75, 3.05) is 56.6 Å². The minimum atomic E-state index is -1.25. The number of halogens is 1. The standard InChI is InChI=1S/C30H36ClN5O6/c1-18-25(28(37)38)27(26(29(39)40)19(2)33-18)20-9-10-21(31)22(17-20)34-30(41)32-11-6-12-35-13-15-36(16-14-35)23-7-4-5-8-24(23)42-3/h4-5,7-10,17,25,27H,6,11-16H2,1-3H3,(H,37,38)(H,39,40)(H2,32,34,41). The molecule has 2 heterocycles. The predicted molar refractivity (Wildman–Crippen MR) is 162 cm³/mol. The van der Waals surface area contributed by atoms with Gasteiger partial charge in [-0.3, -0.25) is 14.7 Å². The zero-order valence-electron chi connectivity index (χ0n) is 23.9. The van der Waals surface area contributed by atoms with E-state index in [0.717, 1.165) is 50.6 Å². The van der Waals surface area contributed by atoms with Gasteiger partial charge in [-0.2, -0.15) is 0 Å². The second-order valence-corrected chi connectivity index (χ2v) is 10.7. The van der Waals surface area contributed by atoms with Crippen LogP contribution in [0.25, 0.3) is 0 Å². The van der Waals surface area contributed by atoms with E-state index in [1.54, 1.807) is 27.0 Å². The van der Waals surface area contributed by atoms with Crippen LogP contribution in [0, 0.1) is 5.92 Å². The van der Waals surface area contributed by atoms with E-state index in [1.807, 2.05) is 18.2 Å². The van der Waals surface area contributed by atoms with Crippen molar-refractivity contribution in [2.45, 2.75) is 26.2 Å². The number of urea groups is 1. The van der Waals surface area contributed by atoms with Crippen molar-refractivity contribution in [2.24, 2.45) is 10.9 Å². The molecule has 0 aromatic heterocycles. The van der Waals surface area contributed by atoms with Crippen molar-refractivity contribution in [3.63, 3.8) is 0 Å². The number of nitrogens with one attached hydrogen (secondary N) is 2. The molecule has 4 rings (SSSR count). The second kappa shape index (κ2) is 13.7. The lowest BCUT2D eigenvalue weighted by Gasteiger charge is -2.36. The van der Waals surface area contributed by atoms with Crippen LogP contribution in [0.3, 0.4) is 0 Å². The molecule has 2 aromatic carbocycles. The summed E-state index contributed by atoms with van der Waals surface area (Å²) in [5.41, 5.74) is 2.20.